The maximum Gasteiger partial charge on any atom is 0.416 e. The lowest BCUT2D eigenvalue weighted by atomic mass is 9.68. The Balaban J connectivity index is 1.34. The molecule has 4 heterocycles. The molecule has 2 aliphatic rings. The maximum atomic E-state index is 13.5. The van der Waals surface area contributed by atoms with Gasteiger partial charge in [0.05, 0.1) is 24.0 Å². The van der Waals surface area contributed by atoms with E-state index < -0.39 is 29.9 Å². The van der Waals surface area contributed by atoms with E-state index in [1.54, 1.807) is 17.1 Å². The number of alkyl halides is 6. The van der Waals surface area contributed by atoms with E-state index in [0.717, 1.165) is 17.8 Å². The van der Waals surface area contributed by atoms with Crippen LogP contribution >= 0.6 is 0 Å². The predicted molar refractivity (Wildman–Crippen MR) is 152 cm³/mol. The Morgan fingerprint density at radius 3 is 2.23 bits per heavy atom. The molecule has 9 nitrogen and oxygen atoms in total. The van der Waals surface area contributed by atoms with Gasteiger partial charge in [-0.15, -0.1) is 10.2 Å². The summed E-state index contributed by atoms with van der Waals surface area (Å²) in [5.41, 5.74) is 1.27. The topological polar surface area (TPSA) is 70.6 Å². The van der Waals surface area contributed by atoms with Crippen molar-refractivity contribution in [2.45, 2.75) is 70.3 Å². The number of hydrogen-bond acceptors (Lipinski definition) is 7. The quantitative estimate of drug-likeness (QED) is 0.252. The van der Waals surface area contributed by atoms with Crippen molar-refractivity contribution in [2.24, 2.45) is 11.8 Å². The average Bonchev–Trinajstić information content (AvgIpc) is 3.56. The van der Waals surface area contributed by atoms with Gasteiger partial charge in [-0.05, 0) is 71.3 Å². The van der Waals surface area contributed by atoms with Gasteiger partial charge in [-0.3, -0.25) is 14.4 Å². The number of imidazole rings is 1. The van der Waals surface area contributed by atoms with Crippen LogP contribution in [0.15, 0.2) is 36.9 Å². The van der Waals surface area contributed by atoms with Crippen molar-refractivity contribution in [1.29, 1.82) is 0 Å². The predicted octanol–water partition coefficient (Wildman–Crippen LogP) is 5.80. The zero-order valence-corrected chi connectivity index (χ0v) is 25.0. The lowest BCUT2D eigenvalue weighted by molar-refractivity contribution is -0.211. The van der Waals surface area contributed by atoms with Gasteiger partial charge in [-0.2, -0.15) is 31.3 Å². The second kappa shape index (κ2) is 10.9. The van der Waals surface area contributed by atoms with Gasteiger partial charge in [0.1, 0.15) is 11.8 Å². The summed E-state index contributed by atoms with van der Waals surface area (Å²) >= 11 is 0. The minimum atomic E-state index is -4.50. The molecule has 6 rings (SSSR count). The second-order valence-electron chi connectivity index (χ2n) is 12.4. The highest BCUT2D eigenvalue weighted by molar-refractivity contribution is 5.86. The van der Waals surface area contributed by atoms with Crippen molar-refractivity contribution in [3.05, 3.63) is 48.0 Å². The molecular weight excluding hydrogens is 588 g/mol. The maximum absolute atomic E-state index is 13.5. The highest BCUT2D eigenvalue weighted by Crippen LogP contribution is 2.52. The van der Waals surface area contributed by atoms with Crippen LogP contribution in [0.4, 0.5) is 32.2 Å². The number of anilines is 1. The molecule has 15 heteroatoms. The molecule has 1 aliphatic carbocycles. The molecular formula is C29H35F6N9. The van der Waals surface area contributed by atoms with E-state index in [0.29, 0.717) is 35.8 Å². The van der Waals surface area contributed by atoms with Gasteiger partial charge in [0.2, 0.25) is 0 Å². The van der Waals surface area contributed by atoms with Gasteiger partial charge in [-0.1, -0.05) is 12.1 Å². The summed E-state index contributed by atoms with van der Waals surface area (Å²) in [6.07, 6.45) is -5.56. The Morgan fingerprint density at radius 2 is 1.61 bits per heavy atom. The molecule has 0 spiro atoms. The number of nitrogens with zero attached hydrogens (tertiary/aromatic N) is 9. The molecule has 44 heavy (non-hydrogen) atoms. The van der Waals surface area contributed by atoms with Crippen LogP contribution < -0.4 is 4.90 Å². The molecule has 1 saturated carbocycles. The summed E-state index contributed by atoms with van der Waals surface area (Å²) in [6, 6.07) is 4.12. The minimum absolute atomic E-state index is 0.0264. The van der Waals surface area contributed by atoms with Gasteiger partial charge in [-0.25, -0.2) is 9.38 Å². The summed E-state index contributed by atoms with van der Waals surface area (Å²) in [4.78, 5) is 15.9. The summed E-state index contributed by atoms with van der Waals surface area (Å²) in [7, 11) is 3.94. The fraction of sp³-hybridized carbons (Fsp3) is 0.586. The molecule has 2 unspecified atom stereocenters. The molecule has 1 aliphatic heterocycles. The molecule has 2 fully saturated rings. The SMILES string of the molecule is CC(N(C)C)n1cnc2c(N3C[C@@H](C)N(C(c4ccc(C(F)(F)F)cc4)[C@H]4C[C@H](C(F)(F)F)C4)C[C@@H]3C)nc3nncn3c21. The van der Waals surface area contributed by atoms with Gasteiger partial charge < -0.3 is 4.90 Å². The Kier molecular flexibility index (Phi) is 7.54. The lowest BCUT2D eigenvalue weighted by Gasteiger charge is -2.52. The van der Waals surface area contributed by atoms with Gasteiger partial charge in [0.25, 0.3) is 5.78 Å². The summed E-state index contributed by atoms with van der Waals surface area (Å²) in [5.74, 6) is -0.681. The Morgan fingerprint density at radius 1 is 0.932 bits per heavy atom. The molecule has 0 N–H and O–H groups in total. The van der Waals surface area contributed by atoms with Crippen molar-refractivity contribution in [2.75, 3.05) is 32.1 Å². The van der Waals surface area contributed by atoms with Crippen molar-refractivity contribution in [3.63, 3.8) is 0 Å². The molecule has 1 aromatic carbocycles. The van der Waals surface area contributed by atoms with E-state index in [2.05, 4.69) is 20.0 Å². The lowest BCUT2D eigenvalue weighted by Crippen LogP contribution is -2.59. The van der Waals surface area contributed by atoms with E-state index >= 15 is 0 Å². The van der Waals surface area contributed by atoms with E-state index in [9.17, 15) is 26.3 Å². The van der Waals surface area contributed by atoms with Gasteiger partial charge in [0, 0.05) is 31.2 Å². The molecule has 238 valence electrons. The van der Waals surface area contributed by atoms with Gasteiger partial charge in [0.15, 0.2) is 11.5 Å². The summed E-state index contributed by atoms with van der Waals surface area (Å²) in [5, 5.41) is 8.27. The molecule has 0 bridgehead atoms. The van der Waals surface area contributed by atoms with E-state index in [4.69, 9.17) is 9.97 Å². The standard InChI is InChI=1S/C29H35F6N9/c1-16-13-42(25-23-26(44-15-37-39-27(44)38-25)43(14-36-23)18(3)40(4)5)17(2)12-41(16)24(20-10-22(11-20)29(33,34)35)19-6-8-21(9-7-19)28(30,31)32/h6-9,14-18,20,22,24H,10-13H2,1-5H3/t16-,17+,18?,20-,22-,24?/m1/s1. The number of rotatable bonds is 6. The number of fused-ring (bicyclic) bond motifs is 3. The van der Waals surface area contributed by atoms with E-state index in [1.165, 1.54) is 12.1 Å². The monoisotopic (exact) mass is 623 g/mol. The zero-order valence-electron chi connectivity index (χ0n) is 25.0. The first-order valence-corrected chi connectivity index (χ1v) is 14.6. The van der Waals surface area contributed by atoms with Crippen LogP contribution in [0.2, 0.25) is 0 Å². The van der Waals surface area contributed by atoms with Crippen LogP contribution in [0.5, 0.6) is 0 Å². The first-order chi connectivity index (χ1) is 20.6. The van der Waals surface area contributed by atoms with E-state index in [1.807, 2.05) is 44.3 Å². The number of piperazine rings is 1. The molecule has 4 atom stereocenters. The second-order valence-corrected chi connectivity index (χ2v) is 12.4. The molecule has 3 aromatic heterocycles. The number of hydrogen-bond donors (Lipinski definition) is 0. The van der Waals surface area contributed by atoms with Crippen LogP contribution in [0.3, 0.4) is 0 Å². The van der Waals surface area contributed by atoms with E-state index in [-0.39, 0.29) is 37.0 Å². The van der Waals surface area contributed by atoms with Crippen molar-refractivity contribution >= 4 is 22.8 Å². The van der Waals surface area contributed by atoms with Gasteiger partial charge >= 0.3 is 12.4 Å². The van der Waals surface area contributed by atoms with Crippen LogP contribution in [0.25, 0.3) is 16.9 Å². The largest absolute Gasteiger partial charge is 0.416 e. The number of halogens is 6. The van der Waals surface area contributed by atoms with Crippen LogP contribution in [-0.2, 0) is 6.18 Å². The zero-order chi connectivity index (χ0) is 31.7. The smallest absolute Gasteiger partial charge is 0.349 e. The van der Waals surface area contributed by atoms with Crippen molar-refractivity contribution in [3.8, 4) is 0 Å². The number of benzene rings is 1. The Bertz CT molecular complexity index is 1620. The van der Waals surface area contributed by atoms with Crippen molar-refractivity contribution in [1.82, 2.24) is 38.9 Å². The number of aromatic nitrogens is 6. The summed E-state index contributed by atoms with van der Waals surface area (Å²) in [6.45, 7) is 7.01. The highest BCUT2D eigenvalue weighted by Gasteiger charge is 2.52. The highest BCUT2D eigenvalue weighted by atomic mass is 19.4. The summed E-state index contributed by atoms with van der Waals surface area (Å²) < 4.78 is 84.2. The fourth-order valence-electron chi connectivity index (χ4n) is 6.70. The van der Waals surface area contributed by atoms with Crippen molar-refractivity contribution < 1.29 is 26.3 Å². The molecule has 0 amide bonds. The van der Waals surface area contributed by atoms with Crippen LogP contribution in [-0.4, -0.2) is 84.4 Å². The fourth-order valence-corrected chi connectivity index (χ4v) is 6.70. The first kappa shape index (κ1) is 30.6. The van der Waals surface area contributed by atoms with Crippen LogP contribution in [0.1, 0.15) is 56.9 Å². The molecule has 1 saturated heterocycles. The third kappa shape index (κ3) is 5.27. The Hall–Kier alpha value is -3.46. The van der Waals surface area contributed by atoms with Crippen LogP contribution in [0, 0.1) is 11.8 Å². The third-order valence-electron chi connectivity index (χ3n) is 9.42. The normalized spacial score (nSPS) is 25.1. The first-order valence-electron chi connectivity index (χ1n) is 14.6. The third-order valence-corrected chi connectivity index (χ3v) is 9.42. The minimum Gasteiger partial charge on any atom is -0.349 e. The molecule has 0 radical (unpaired) electrons. The average molecular weight is 624 g/mol. The molecule has 4 aromatic rings. The Labute approximate surface area is 250 Å².